The van der Waals surface area contributed by atoms with Crippen LogP contribution in [-0.4, -0.2) is 28.4 Å². The highest BCUT2D eigenvalue weighted by Crippen LogP contribution is 2.31. The summed E-state index contributed by atoms with van der Waals surface area (Å²) >= 11 is 0. The molecular formula is C17H15F2N3O2. The van der Waals surface area contributed by atoms with Crippen molar-refractivity contribution >= 4 is 11.9 Å². The van der Waals surface area contributed by atoms with Crippen molar-refractivity contribution in [1.82, 2.24) is 15.2 Å². The molecule has 0 spiro atoms. The summed E-state index contributed by atoms with van der Waals surface area (Å²) in [7, 11) is 0. The van der Waals surface area contributed by atoms with E-state index in [4.69, 9.17) is 0 Å². The van der Waals surface area contributed by atoms with Gasteiger partial charge in [-0.25, -0.2) is 13.6 Å². The van der Waals surface area contributed by atoms with Gasteiger partial charge in [0, 0.05) is 24.5 Å². The zero-order valence-corrected chi connectivity index (χ0v) is 12.9. The number of amides is 3. The predicted octanol–water partition coefficient (Wildman–Crippen LogP) is 2.37. The van der Waals surface area contributed by atoms with Gasteiger partial charge in [-0.05, 0) is 49.2 Å². The minimum Gasteiger partial charge on any atom is -0.319 e. The summed E-state index contributed by atoms with van der Waals surface area (Å²) in [6.45, 7) is 1.51. The number of carbonyl (C=O) groups excluding carboxylic acids is 2. The van der Waals surface area contributed by atoms with Gasteiger partial charge in [-0.15, -0.1) is 0 Å². The molecule has 5 nitrogen and oxygen atoms in total. The first-order valence-corrected chi connectivity index (χ1v) is 7.40. The van der Waals surface area contributed by atoms with Gasteiger partial charge in [-0.3, -0.25) is 14.7 Å². The number of nitrogens with zero attached hydrogens (tertiary/aromatic N) is 2. The number of imide groups is 1. The van der Waals surface area contributed by atoms with Crippen LogP contribution in [0.3, 0.4) is 0 Å². The standard InChI is InChI=1S/C17H15F2N3O2/c1-17(13-10-12(18)2-3-14(13)19)15(23)22(16(24)21-17)9-6-11-4-7-20-8-5-11/h2-5,7-8,10H,6,9H2,1H3,(H,21,24). The molecule has 3 amide bonds. The molecule has 0 bridgehead atoms. The van der Waals surface area contributed by atoms with E-state index in [9.17, 15) is 18.4 Å². The molecule has 24 heavy (non-hydrogen) atoms. The molecule has 1 atom stereocenters. The van der Waals surface area contributed by atoms with Crippen molar-refractivity contribution in [2.24, 2.45) is 0 Å². The van der Waals surface area contributed by atoms with E-state index in [1.807, 2.05) is 0 Å². The molecule has 1 aliphatic heterocycles. The van der Waals surface area contributed by atoms with Crippen LogP contribution in [0.15, 0.2) is 42.7 Å². The number of rotatable bonds is 4. The average Bonchev–Trinajstić information content (AvgIpc) is 2.79. The molecule has 0 saturated carbocycles. The second-order valence-corrected chi connectivity index (χ2v) is 5.74. The van der Waals surface area contributed by atoms with Crippen LogP contribution in [0.1, 0.15) is 18.1 Å². The molecule has 7 heteroatoms. The van der Waals surface area contributed by atoms with Crippen molar-refractivity contribution in [3.05, 3.63) is 65.5 Å². The molecule has 0 radical (unpaired) electrons. The van der Waals surface area contributed by atoms with Gasteiger partial charge in [0.1, 0.15) is 17.2 Å². The summed E-state index contributed by atoms with van der Waals surface area (Å²) in [6, 6.07) is 5.77. The average molecular weight is 331 g/mol. The van der Waals surface area contributed by atoms with Crippen LogP contribution in [0.25, 0.3) is 0 Å². The molecule has 1 N–H and O–H groups in total. The SMILES string of the molecule is CC1(c2cc(F)ccc2F)NC(=O)N(CCc2ccncc2)C1=O. The Labute approximate surface area is 137 Å². The number of carbonyl (C=O) groups is 2. The van der Waals surface area contributed by atoms with Crippen LogP contribution >= 0.6 is 0 Å². The second kappa shape index (κ2) is 5.99. The van der Waals surface area contributed by atoms with Gasteiger partial charge in [0.15, 0.2) is 0 Å². The maximum atomic E-state index is 14.0. The van der Waals surface area contributed by atoms with Crippen LogP contribution in [0.2, 0.25) is 0 Å². The molecular weight excluding hydrogens is 316 g/mol. The quantitative estimate of drug-likeness (QED) is 0.875. The highest BCUT2D eigenvalue weighted by Gasteiger charge is 2.50. The Morgan fingerprint density at radius 2 is 1.88 bits per heavy atom. The third-order valence-corrected chi connectivity index (χ3v) is 4.12. The van der Waals surface area contributed by atoms with Gasteiger partial charge in [0.05, 0.1) is 0 Å². The van der Waals surface area contributed by atoms with Gasteiger partial charge in [0.2, 0.25) is 0 Å². The highest BCUT2D eigenvalue weighted by atomic mass is 19.1. The van der Waals surface area contributed by atoms with Crippen molar-refractivity contribution in [2.75, 3.05) is 6.54 Å². The summed E-state index contributed by atoms with van der Waals surface area (Å²) in [4.78, 5) is 29.7. The van der Waals surface area contributed by atoms with E-state index in [1.165, 1.54) is 6.92 Å². The Hall–Kier alpha value is -2.83. The van der Waals surface area contributed by atoms with Gasteiger partial charge in [-0.2, -0.15) is 0 Å². The fraction of sp³-hybridized carbons (Fsp3) is 0.235. The van der Waals surface area contributed by atoms with E-state index in [2.05, 4.69) is 10.3 Å². The van der Waals surface area contributed by atoms with E-state index in [0.717, 1.165) is 28.7 Å². The molecule has 1 aromatic heterocycles. The number of pyridine rings is 1. The maximum Gasteiger partial charge on any atom is 0.325 e. The summed E-state index contributed by atoms with van der Waals surface area (Å²) in [6.07, 6.45) is 3.68. The molecule has 1 aromatic carbocycles. The van der Waals surface area contributed by atoms with Crippen LogP contribution in [0.5, 0.6) is 0 Å². The van der Waals surface area contributed by atoms with E-state index in [0.29, 0.717) is 6.42 Å². The van der Waals surface area contributed by atoms with Crippen LogP contribution < -0.4 is 5.32 Å². The van der Waals surface area contributed by atoms with E-state index in [-0.39, 0.29) is 12.1 Å². The lowest BCUT2D eigenvalue weighted by atomic mass is 9.91. The van der Waals surface area contributed by atoms with Crippen LogP contribution in [0, 0.1) is 11.6 Å². The Morgan fingerprint density at radius 3 is 2.58 bits per heavy atom. The molecule has 1 saturated heterocycles. The summed E-state index contributed by atoms with van der Waals surface area (Å²) in [5.41, 5.74) is -0.898. The van der Waals surface area contributed by atoms with Crippen molar-refractivity contribution in [3.63, 3.8) is 0 Å². The first kappa shape index (κ1) is 16.0. The zero-order valence-electron chi connectivity index (χ0n) is 12.9. The lowest BCUT2D eigenvalue weighted by Crippen LogP contribution is -2.42. The summed E-state index contributed by atoms with van der Waals surface area (Å²) < 4.78 is 27.5. The lowest BCUT2D eigenvalue weighted by Gasteiger charge is -2.22. The van der Waals surface area contributed by atoms with Gasteiger partial charge < -0.3 is 5.32 Å². The Balaban J connectivity index is 1.84. The fourth-order valence-electron chi connectivity index (χ4n) is 2.75. The molecule has 3 rings (SSSR count). The third-order valence-electron chi connectivity index (χ3n) is 4.12. The zero-order chi connectivity index (χ0) is 17.3. The number of hydrogen-bond donors (Lipinski definition) is 1. The van der Waals surface area contributed by atoms with Crippen molar-refractivity contribution in [1.29, 1.82) is 0 Å². The minimum atomic E-state index is -1.62. The topological polar surface area (TPSA) is 62.3 Å². The van der Waals surface area contributed by atoms with E-state index >= 15 is 0 Å². The molecule has 1 aliphatic rings. The maximum absolute atomic E-state index is 14.0. The smallest absolute Gasteiger partial charge is 0.319 e. The summed E-state index contributed by atoms with van der Waals surface area (Å²) in [5, 5.41) is 2.47. The van der Waals surface area contributed by atoms with Crippen molar-refractivity contribution < 1.29 is 18.4 Å². The summed E-state index contributed by atoms with van der Waals surface area (Å²) in [5.74, 6) is -2.03. The van der Waals surface area contributed by atoms with Gasteiger partial charge >= 0.3 is 6.03 Å². The first-order chi connectivity index (χ1) is 11.4. The monoisotopic (exact) mass is 331 g/mol. The van der Waals surface area contributed by atoms with Crippen molar-refractivity contribution in [2.45, 2.75) is 18.9 Å². The Kier molecular flexibility index (Phi) is 4.01. The molecule has 2 heterocycles. The molecule has 124 valence electrons. The fourth-order valence-corrected chi connectivity index (χ4v) is 2.75. The number of urea groups is 1. The lowest BCUT2D eigenvalue weighted by molar-refractivity contribution is -0.131. The number of benzene rings is 1. The largest absolute Gasteiger partial charge is 0.325 e. The van der Waals surface area contributed by atoms with Gasteiger partial charge in [0.25, 0.3) is 5.91 Å². The third kappa shape index (κ3) is 2.73. The number of nitrogens with one attached hydrogen (secondary N) is 1. The molecule has 0 aliphatic carbocycles. The Morgan fingerprint density at radius 1 is 1.17 bits per heavy atom. The molecule has 1 fully saturated rings. The van der Waals surface area contributed by atoms with Crippen LogP contribution in [0.4, 0.5) is 13.6 Å². The van der Waals surface area contributed by atoms with E-state index in [1.54, 1.807) is 24.5 Å². The molecule has 1 unspecified atom stereocenters. The normalized spacial score (nSPS) is 20.4. The second-order valence-electron chi connectivity index (χ2n) is 5.74. The highest BCUT2D eigenvalue weighted by molar-refractivity contribution is 6.07. The van der Waals surface area contributed by atoms with Gasteiger partial charge in [-0.1, -0.05) is 0 Å². The predicted molar refractivity (Wildman–Crippen MR) is 81.9 cm³/mol. The Bertz CT molecular complexity index is 798. The molecule has 2 aromatic rings. The first-order valence-electron chi connectivity index (χ1n) is 7.40. The number of hydrogen-bond acceptors (Lipinski definition) is 3. The van der Waals surface area contributed by atoms with E-state index < -0.39 is 29.1 Å². The van der Waals surface area contributed by atoms with Crippen LogP contribution in [-0.2, 0) is 16.8 Å². The number of halogens is 2. The van der Waals surface area contributed by atoms with Crippen molar-refractivity contribution in [3.8, 4) is 0 Å². The number of aromatic nitrogens is 1. The minimum absolute atomic E-state index is 0.140.